The van der Waals surface area contributed by atoms with Gasteiger partial charge in [0.1, 0.15) is 18.2 Å². The van der Waals surface area contributed by atoms with E-state index in [1.54, 1.807) is 4.68 Å². The molecule has 4 rings (SSSR count). The molecule has 3 atom stereocenters. The lowest BCUT2D eigenvalue weighted by Gasteiger charge is -2.48. The van der Waals surface area contributed by atoms with Gasteiger partial charge in [-0.05, 0) is 52.3 Å². The number of hydrogen-bond donors (Lipinski definition) is 0. The Morgan fingerprint density at radius 2 is 1.89 bits per heavy atom. The summed E-state index contributed by atoms with van der Waals surface area (Å²) in [5, 5.41) is 4.41. The number of amides is 1. The van der Waals surface area contributed by atoms with E-state index in [0.29, 0.717) is 12.0 Å². The minimum atomic E-state index is 0.168. The Balaban J connectivity index is 1.65. The molecule has 0 N–H and O–H groups in total. The van der Waals surface area contributed by atoms with E-state index in [1.165, 1.54) is 12.0 Å². The maximum atomic E-state index is 13.4. The van der Waals surface area contributed by atoms with Gasteiger partial charge in [0.15, 0.2) is 0 Å². The first-order valence-corrected chi connectivity index (χ1v) is 10.5. The number of nitrogens with zero attached hydrogens (tertiary/aromatic N) is 5. The number of hydrogen-bond acceptors (Lipinski definition) is 4. The average molecular weight is 382 g/mol. The van der Waals surface area contributed by atoms with Crippen LogP contribution in [0.4, 0.5) is 0 Å². The second kappa shape index (κ2) is 8.03. The second-order valence-corrected chi connectivity index (χ2v) is 8.29. The predicted molar refractivity (Wildman–Crippen MR) is 109 cm³/mol. The molecule has 6 heteroatoms. The molecule has 0 unspecified atom stereocenters. The maximum absolute atomic E-state index is 13.4. The molecular formula is C22H31N5O. The topological polar surface area (TPSA) is 54.3 Å². The standard InChI is InChI=1S/C22H31N5O/c1-16-23-17(2)27(24-16)15-21(28)26-13-8-7-11-20-22(26)19(12-14-25(20)3)18-9-5-4-6-10-18/h4-6,9-10,19-20,22H,7-8,11-15H2,1-3H3/t19-,20-,22-/m1/s1. The van der Waals surface area contributed by atoms with Gasteiger partial charge in [0.25, 0.3) is 0 Å². The van der Waals surface area contributed by atoms with Crippen molar-refractivity contribution in [2.24, 2.45) is 0 Å². The summed E-state index contributed by atoms with van der Waals surface area (Å²) in [6.45, 7) is 5.99. The van der Waals surface area contributed by atoms with Crippen LogP contribution in [0.2, 0.25) is 0 Å². The van der Waals surface area contributed by atoms with Crippen LogP contribution in [-0.4, -0.2) is 62.7 Å². The van der Waals surface area contributed by atoms with Crippen LogP contribution >= 0.6 is 0 Å². The van der Waals surface area contributed by atoms with E-state index in [-0.39, 0.29) is 18.5 Å². The first kappa shape index (κ1) is 19.1. The van der Waals surface area contributed by atoms with Crippen LogP contribution in [0, 0.1) is 13.8 Å². The molecule has 2 aromatic rings. The highest BCUT2D eigenvalue weighted by atomic mass is 16.2. The molecule has 6 nitrogen and oxygen atoms in total. The van der Waals surface area contributed by atoms with Gasteiger partial charge in [0.2, 0.25) is 5.91 Å². The molecule has 2 aliphatic rings. The zero-order chi connectivity index (χ0) is 19.7. The summed E-state index contributed by atoms with van der Waals surface area (Å²) in [6, 6.07) is 11.4. The molecule has 1 aromatic heterocycles. The molecule has 2 aliphatic heterocycles. The van der Waals surface area contributed by atoms with E-state index in [2.05, 4.69) is 57.3 Å². The molecule has 0 radical (unpaired) electrons. The van der Waals surface area contributed by atoms with Gasteiger partial charge in [-0.3, -0.25) is 4.79 Å². The fraction of sp³-hybridized carbons (Fsp3) is 0.591. The summed E-state index contributed by atoms with van der Waals surface area (Å²) >= 11 is 0. The van der Waals surface area contributed by atoms with Crippen molar-refractivity contribution >= 4 is 5.91 Å². The van der Waals surface area contributed by atoms with Crippen LogP contribution in [-0.2, 0) is 11.3 Å². The van der Waals surface area contributed by atoms with Gasteiger partial charge in [-0.2, -0.15) is 5.10 Å². The Labute approximate surface area is 167 Å². The summed E-state index contributed by atoms with van der Waals surface area (Å²) in [5.41, 5.74) is 1.36. The molecule has 3 heterocycles. The quantitative estimate of drug-likeness (QED) is 0.820. The van der Waals surface area contributed by atoms with Crippen molar-refractivity contribution in [1.82, 2.24) is 24.6 Å². The monoisotopic (exact) mass is 381 g/mol. The molecule has 1 aromatic carbocycles. The molecule has 0 bridgehead atoms. The lowest BCUT2D eigenvalue weighted by atomic mass is 9.79. The van der Waals surface area contributed by atoms with Gasteiger partial charge < -0.3 is 9.80 Å². The third kappa shape index (κ3) is 3.70. The second-order valence-electron chi connectivity index (χ2n) is 8.29. The smallest absolute Gasteiger partial charge is 0.244 e. The summed E-state index contributed by atoms with van der Waals surface area (Å²) < 4.78 is 1.75. The first-order valence-electron chi connectivity index (χ1n) is 10.5. The Morgan fingerprint density at radius 1 is 1.11 bits per heavy atom. The van der Waals surface area contributed by atoms with Gasteiger partial charge in [0.05, 0.1) is 6.04 Å². The third-order valence-corrected chi connectivity index (χ3v) is 6.47. The summed E-state index contributed by atoms with van der Waals surface area (Å²) in [5.74, 6) is 2.08. The normalized spacial score (nSPS) is 26.0. The number of carbonyl (C=O) groups is 1. The fourth-order valence-electron chi connectivity index (χ4n) is 5.09. The number of rotatable bonds is 3. The molecule has 150 valence electrons. The van der Waals surface area contributed by atoms with E-state index >= 15 is 0 Å². The van der Waals surface area contributed by atoms with Crippen LogP contribution in [0.5, 0.6) is 0 Å². The summed E-state index contributed by atoms with van der Waals surface area (Å²) in [7, 11) is 2.22. The molecule has 0 saturated carbocycles. The van der Waals surface area contributed by atoms with E-state index in [9.17, 15) is 4.79 Å². The molecule has 28 heavy (non-hydrogen) atoms. The molecule has 1 amide bonds. The van der Waals surface area contributed by atoms with E-state index in [1.807, 2.05) is 13.8 Å². The molecule has 2 saturated heterocycles. The number of aryl methyl sites for hydroxylation is 2. The Bertz CT molecular complexity index is 818. The maximum Gasteiger partial charge on any atom is 0.244 e. The largest absolute Gasteiger partial charge is 0.336 e. The highest BCUT2D eigenvalue weighted by molar-refractivity contribution is 5.76. The lowest BCUT2D eigenvalue weighted by molar-refractivity contribution is -0.137. The van der Waals surface area contributed by atoms with Gasteiger partial charge in [-0.25, -0.2) is 9.67 Å². The highest BCUT2D eigenvalue weighted by Gasteiger charge is 2.43. The fourth-order valence-corrected chi connectivity index (χ4v) is 5.09. The number of piperidine rings is 1. The number of likely N-dealkylation sites (tertiary alicyclic amines) is 2. The minimum absolute atomic E-state index is 0.168. The van der Waals surface area contributed by atoms with Gasteiger partial charge in [-0.1, -0.05) is 36.8 Å². The third-order valence-electron chi connectivity index (χ3n) is 6.47. The van der Waals surface area contributed by atoms with Crippen LogP contribution in [0.3, 0.4) is 0 Å². The number of benzene rings is 1. The van der Waals surface area contributed by atoms with Crippen molar-refractivity contribution in [2.45, 2.75) is 64.1 Å². The lowest BCUT2D eigenvalue weighted by Crippen LogP contribution is -2.58. The zero-order valence-corrected chi connectivity index (χ0v) is 17.2. The predicted octanol–water partition coefficient (Wildman–Crippen LogP) is 2.76. The highest BCUT2D eigenvalue weighted by Crippen LogP contribution is 2.38. The van der Waals surface area contributed by atoms with Crippen LogP contribution in [0.15, 0.2) is 30.3 Å². The van der Waals surface area contributed by atoms with E-state index in [4.69, 9.17) is 0 Å². The van der Waals surface area contributed by atoms with Gasteiger partial charge >= 0.3 is 0 Å². The molecule has 2 fully saturated rings. The minimum Gasteiger partial charge on any atom is -0.336 e. The molecular weight excluding hydrogens is 350 g/mol. The van der Waals surface area contributed by atoms with Crippen molar-refractivity contribution in [3.8, 4) is 0 Å². The van der Waals surface area contributed by atoms with Crippen molar-refractivity contribution in [1.29, 1.82) is 0 Å². The van der Waals surface area contributed by atoms with Crippen LogP contribution in [0.25, 0.3) is 0 Å². The summed E-state index contributed by atoms with van der Waals surface area (Å²) in [4.78, 5) is 22.4. The van der Waals surface area contributed by atoms with E-state index in [0.717, 1.165) is 44.0 Å². The Kier molecular flexibility index (Phi) is 5.49. The van der Waals surface area contributed by atoms with Gasteiger partial charge in [-0.15, -0.1) is 0 Å². The first-order chi connectivity index (χ1) is 13.5. The number of aromatic nitrogens is 3. The zero-order valence-electron chi connectivity index (χ0n) is 17.2. The van der Waals surface area contributed by atoms with Crippen molar-refractivity contribution in [3.63, 3.8) is 0 Å². The Morgan fingerprint density at radius 3 is 2.61 bits per heavy atom. The number of fused-ring (bicyclic) bond motifs is 1. The Hall–Kier alpha value is -2.21. The average Bonchev–Trinajstić information content (AvgIpc) is 2.88. The van der Waals surface area contributed by atoms with Crippen molar-refractivity contribution in [2.75, 3.05) is 20.1 Å². The van der Waals surface area contributed by atoms with E-state index < -0.39 is 0 Å². The molecule has 0 aliphatic carbocycles. The molecule has 0 spiro atoms. The summed E-state index contributed by atoms with van der Waals surface area (Å²) in [6.07, 6.45) is 4.50. The van der Waals surface area contributed by atoms with Crippen LogP contribution < -0.4 is 0 Å². The van der Waals surface area contributed by atoms with Crippen molar-refractivity contribution in [3.05, 3.63) is 47.5 Å². The van der Waals surface area contributed by atoms with Gasteiger partial charge in [0, 0.05) is 18.5 Å². The number of carbonyl (C=O) groups excluding carboxylic acids is 1. The van der Waals surface area contributed by atoms with Crippen molar-refractivity contribution < 1.29 is 4.79 Å². The SMILES string of the molecule is Cc1nc(C)n(CC(=O)N2CCCC[C@@H]3[C@H]2[C@@H](c2ccccc2)CCN3C)n1. The van der Waals surface area contributed by atoms with Crippen LogP contribution in [0.1, 0.15) is 48.8 Å². The number of likely N-dealkylation sites (N-methyl/N-ethyl adjacent to an activating group) is 1.